The van der Waals surface area contributed by atoms with E-state index in [9.17, 15) is 5.11 Å². The van der Waals surface area contributed by atoms with Crippen LogP contribution in [0.3, 0.4) is 0 Å². The summed E-state index contributed by atoms with van der Waals surface area (Å²) in [5.74, 6) is 1.21. The average Bonchev–Trinajstić information content (AvgIpc) is 2.86. The number of phenols is 1. The third kappa shape index (κ3) is 2.46. The molecule has 120 valence electrons. The van der Waals surface area contributed by atoms with Crippen molar-refractivity contribution in [1.82, 2.24) is 14.4 Å². The molecule has 3 N–H and O–H groups in total. The Bertz CT molecular complexity index is 922. The van der Waals surface area contributed by atoms with Crippen molar-refractivity contribution in [2.75, 3.05) is 5.73 Å². The first kappa shape index (κ1) is 16.1. The normalized spacial score (nSPS) is 12.7. The highest BCUT2D eigenvalue weighted by Gasteiger charge is 2.23. The van der Waals surface area contributed by atoms with Gasteiger partial charge in [0.1, 0.15) is 21.7 Å². The van der Waals surface area contributed by atoms with Crippen LogP contribution in [0.4, 0.5) is 5.82 Å². The van der Waals surface area contributed by atoms with Crippen molar-refractivity contribution in [2.24, 2.45) is 0 Å². The highest BCUT2D eigenvalue weighted by Crippen LogP contribution is 2.38. The fourth-order valence-corrected chi connectivity index (χ4v) is 3.54. The number of nitrogen functional groups attached to an aromatic ring is 1. The molecule has 0 amide bonds. The number of imidazole rings is 1. The van der Waals surface area contributed by atoms with Crippen LogP contribution < -0.4 is 5.73 Å². The van der Waals surface area contributed by atoms with E-state index in [2.05, 4.69) is 25.9 Å². The van der Waals surface area contributed by atoms with Crippen molar-refractivity contribution in [3.05, 3.63) is 50.6 Å². The third-order valence-corrected chi connectivity index (χ3v) is 5.20. The Morgan fingerprint density at radius 1 is 1.35 bits per heavy atom. The van der Waals surface area contributed by atoms with Crippen LogP contribution in [-0.2, 0) is 0 Å². The van der Waals surface area contributed by atoms with E-state index in [0.717, 1.165) is 22.5 Å². The Balaban J connectivity index is 2.23. The summed E-state index contributed by atoms with van der Waals surface area (Å²) in [4.78, 5) is 8.64. The highest BCUT2D eigenvalue weighted by molar-refractivity contribution is 9.10. The minimum absolute atomic E-state index is 0.174. The molecule has 3 rings (SSSR count). The Morgan fingerprint density at radius 3 is 2.74 bits per heavy atom. The van der Waals surface area contributed by atoms with Crippen molar-refractivity contribution >= 4 is 38.9 Å². The molecule has 3 aromatic rings. The number of hydrogen-bond acceptors (Lipinski definition) is 4. The minimum atomic E-state index is -0.174. The van der Waals surface area contributed by atoms with E-state index in [-0.39, 0.29) is 11.7 Å². The highest BCUT2D eigenvalue weighted by atomic mass is 79.9. The molecule has 7 heteroatoms. The molecule has 0 bridgehead atoms. The zero-order chi connectivity index (χ0) is 16.9. The summed E-state index contributed by atoms with van der Waals surface area (Å²) in [6.07, 6.45) is 3.43. The molecule has 5 nitrogen and oxygen atoms in total. The Hall–Kier alpha value is -1.79. The molecule has 1 unspecified atom stereocenters. The number of rotatable bonds is 2. The number of hydrogen-bond donors (Lipinski definition) is 2. The van der Waals surface area contributed by atoms with Crippen LogP contribution in [-0.4, -0.2) is 19.5 Å². The summed E-state index contributed by atoms with van der Waals surface area (Å²) >= 11 is 9.72. The lowest BCUT2D eigenvalue weighted by molar-refractivity contribution is 0.460. The van der Waals surface area contributed by atoms with E-state index in [1.165, 1.54) is 0 Å². The van der Waals surface area contributed by atoms with Gasteiger partial charge in [-0.2, -0.15) is 0 Å². The van der Waals surface area contributed by atoms with Gasteiger partial charge in [-0.25, -0.2) is 9.97 Å². The second-order valence-electron chi connectivity index (χ2n) is 5.56. The van der Waals surface area contributed by atoms with Crippen LogP contribution in [0.15, 0.2) is 23.1 Å². The number of halogens is 2. The molecule has 0 radical (unpaired) electrons. The molecule has 0 aliphatic rings. The number of nitrogens with zero attached hydrogens (tertiary/aromatic N) is 3. The molecule has 0 spiro atoms. The van der Waals surface area contributed by atoms with Gasteiger partial charge >= 0.3 is 0 Å². The predicted molar refractivity (Wildman–Crippen MR) is 95.2 cm³/mol. The molecule has 1 aromatic carbocycles. The summed E-state index contributed by atoms with van der Waals surface area (Å²) in [7, 11) is 0. The van der Waals surface area contributed by atoms with Crippen molar-refractivity contribution in [1.29, 1.82) is 0 Å². The van der Waals surface area contributed by atoms with Gasteiger partial charge in [-0.3, -0.25) is 4.40 Å². The van der Waals surface area contributed by atoms with Crippen LogP contribution in [0.2, 0.25) is 5.02 Å². The fraction of sp³-hybridized carbons (Fsp3) is 0.250. The quantitative estimate of drug-likeness (QED) is 0.682. The molecular formula is C16H16BrClN4O. The number of aromatic nitrogens is 3. The Morgan fingerprint density at radius 2 is 2.04 bits per heavy atom. The second kappa shape index (κ2) is 5.69. The first-order chi connectivity index (χ1) is 10.8. The van der Waals surface area contributed by atoms with Gasteiger partial charge in [-0.15, -0.1) is 0 Å². The minimum Gasteiger partial charge on any atom is -0.507 e. The molecule has 23 heavy (non-hydrogen) atoms. The Labute approximate surface area is 147 Å². The van der Waals surface area contributed by atoms with Crippen molar-refractivity contribution in [2.45, 2.75) is 26.7 Å². The maximum atomic E-state index is 10.5. The Kier molecular flexibility index (Phi) is 3.98. The van der Waals surface area contributed by atoms with Gasteiger partial charge in [0.2, 0.25) is 0 Å². The second-order valence-corrected chi connectivity index (χ2v) is 6.72. The van der Waals surface area contributed by atoms with Crippen LogP contribution in [0.5, 0.6) is 5.75 Å². The summed E-state index contributed by atoms with van der Waals surface area (Å²) < 4.78 is 2.50. The number of aromatic hydroxyl groups is 1. The average molecular weight is 396 g/mol. The predicted octanol–water partition coefficient (Wildman–Crippen LogP) is 4.20. The number of nitrogens with two attached hydrogens (primary N) is 1. The zero-order valence-corrected chi connectivity index (χ0v) is 15.3. The van der Waals surface area contributed by atoms with E-state index in [4.69, 9.17) is 17.3 Å². The molecule has 0 aliphatic heterocycles. The molecule has 0 saturated carbocycles. The molecule has 0 fully saturated rings. The lowest BCUT2D eigenvalue weighted by Gasteiger charge is -2.17. The summed E-state index contributed by atoms with van der Waals surface area (Å²) in [6, 6.07) is 1.80. The van der Waals surface area contributed by atoms with Gasteiger partial charge in [-0.05, 0) is 47.0 Å². The smallest absolute Gasteiger partial charge is 0.150 e. The van der Waals surface area contributed by atoms with E-state index < -0.39 is 0 Å². The summed E-state index contributed by atoms with van der Waals surface area (Å²) in [5.41, 5.74) is 9.03. The first-order valence-corrected chi connectivity index (χ1v) is 8.26. The van der Waals surface area contributed by atoms with Crippen LogP contribution in [0.25, 0.3) is 5.52 Å². The van der Waals surface area contributed by atoms with Crippen molar-refractivity contribution < 1.29 is 5.11 Å². The van der Waals surface area contributed by atoms with Crippen LogP contribution >= 0.6 is 27.5 Å². The lowest BCUT2D eigenvalue weighted by atomic mass is 9.94. The maximum Gasteiger partial charge on any atom is 0.150 e. The van der Waals surface area contributed by atoms with Crippen LogP contribution in [0, 0.1) is 13.8 Å². The van der Waals surface area contributed by atoms with E-state index >= 15 is 0 Å². The van der Waals surface area contributed by atoms with Gasteiger partial charge in [0.05, 0.1) is 0 Å². The summed E-state index contributed by atoms with van der Waals surface area (Å²) in [6.45, 7) is 5.71. The molecule has 2 heterocycles. The molecule has 2 aromatic heterocycles. The largest absolute Gasteiger partial charge is 0.507 e. The van der Waals surface area contributed by atoms with E-state index in [1.807, 2.05) is 25.2 Å². The number of fused-ring (bicyclic) bond motifs is 1. The fourth-order valence-electron chi connectivity index (χ4n) is 2.70. The maximum absolute atomic E-state index is 10.5. The van der Waals surface area contributed by atoms with Gasteiger partial charge < -0.3 is 10.8 Å². The standard InChI is InChI=1S/C16H16BrClN4O/c1-7-8(2)13(23)10(6-11(7)18)9(3)16-21-14(17)12-15(19)20-4-5-22(12)16/h4-6,9,23H,1-3H3,(H2,19,20). The van der Waals surface area contributed by atoms with Gasteiger partial charge in [0.15, 0.2) is 5.82 Å². The van der Waals surface area contributed by atoms with Gasteiger partial charge in [0.25, 0.3) is 0 Å². The molecule has 0 saturated heterocycles. The molecule has 1 atom stereocenters. The van der Waals surface area contributed by atoms with Gasteiger partial charge in [0, 0.05) is 28.9 Å². The third-order valence-electron chi connectivity index (χ3n) is 4.25. The van der Waals surface area contributed by atoms with E-state index in [1.54, 1.807) is 18.5 Å². The molecule has 0 aliphatic carbocycles. The lowest BCUT2D eigenvalue weighted by Crippen LogP contribution is -2.05. The van der Waals surface area contributed by atoms with Crippen molar-refractivity contribution in [3.8, 4) is 5.75 Å². The zero-order valence-electron chi connectivity index (χ0n) is 12.9. The first-order valence-electron chi connectivity index (χ1n) is 7.09. The summed E-state index contributed by atoms with van der Waals surface area (Å²) in [5, 5.41) is 11.2. The SMILES string of the molecule is Cc1c(Cl)cc(C(C)c2nc(Br)c3c(N)nccn23)c(O)c1C. The number of anilines is 1. The van der Waals surface area contributed by atoms with Crippen LogP contribution in [0.1, 0.15) is 35.4 Å². The topological polar surface area (TPSA) is 76.4 Å². The monoisotopic (exact) mass is 394 g/mol. The number of phenolic OH excluding ortho intramolecular Hbond substituents is 1. The molecular weight excluding hydrogens is 380 g/mol. The number of benzene rings is 1. The van der Waals surface area contributed by atoms with E-state index in [0.29, 0.717) is 21.0 Å². The van der Waals surface area contributed by atoms with Crippen molar-refractivity contribution in [3.63, 3.8) is 0 Å². The van der Waals surface area contributed by atoms with Gasteiger partial charge in [-0.1, -0.05) is 18.5 Å².